The molecule has 1 aliphatic heterocycles. The first-order valence-electron chi connectivity index (χ1n) is 11.6. The molecule has 0 spiro atoms. The van der Waals surface area contributed by atoms with Gasteiger partial charge in [-0.3, -0.25) is 0 Å². The maximum atomic E-state index is 5.62. The van der Waals surface area contributed by atoms with Gasteiger partial charge in [0.1, 0.15) is 5.69 Å². The van der Waals surface area contributed by atoms with Crippen LogP contribution in [0.4, 0.5) is 5.82 Å². The molecular formula is C28H28N4O3. The molecule has 0 N–H and O–H groups in total. The highest BCUT2D eigenvalue weighted by molar-refractivity contribution is 5.90. The Morgan fingerprint density at radius 1 is 0.829 bits per heavy atom. The van der Waals surface area contributed by atoms with Crippen LogP contribution in [0.25, 0.3) is 28.1 Å². The Labute approximate surface area is 205 Å². The summed E-state index contributed by atoms with van der Waals surface area (Å²) in [7, 11) is 3.28. The molecule has 2 heterocycles. The van der Waals surface area contributed by atoms with Gasteiger partial charge in [0.05, 0.1) is 45.0 Å². The van der Waals surface area contributed by atoms with Crippen LogP contribution in [-0.2, 0) is 4.74 Å². The number of hydrogen-bond donors (Lipinski definition) is 0. The molecule has 0 unspecified atom stereocenters. The zero-order valence-corrected chi connectivity index (χ0v) is 19.9. The van der Waals surface area contributed by atoms with Gasteiger partial charge in [0.25, 0.3) is 0 Å². The zero-order chi connectivity index (χ0) is 24.0. The Hall–Kier alpha value is -4.10. The number of benzene rings is 3. The van der Waals surface area contributed by atoms with Crippen LogP contribution in [0.2, 0.25) is 0 Å². The highest BCUT2D eigenvalue weighted by atomic mass is 16.5. The van der Waals surface area contributed by atoms with E-state index < -0.39 is 0 Å². The van der Waals surface area contributed by atoms with Crippen molar-refractivity contribution in [1.29, 1.82) is 0 Å². The predicted molar refractivity (Wildman–Crippen MR) is 138 cm³/mol. The quantitative estimate of drug-likeness (QED) is 0.275. The summed E-state index contributed by atoms with van der Waals surface area (Å²) in [6.07, 6.45) is 1.90. The van der Waals surface area contributed by atoms with Crippen molar-refractivity contribution in [3.8, 4) is 39.6 Å². The summed E-state index contributed by atoms with van der Waals surface area (Å²) in [4.78, 5) is 7.17. The second kappa shape index (κ2) is 10.4. The van der Waals surface area contributed by atoms with Crippen molar-refractivity contribution in [2.75, 3.05) is 40.5 Å². The molecule has 35 heavy (non-hydrogen) atoms. The molecule has 4 aromatic rings. The van der Waals surface area contributed by atoms with Crippen LogP contribution in [0.15, 0.2) is 83.9 Å². The minimum absolute atomic E-state index is 0.652. The maximum absolute atomic E-state index is 5.62. The average molecular weight is 469 g/mol. The molecule has 7 nitrogen and oxygen atoms in total. The van der Waals surface area contributed by atoms with Gasteiger partial charge in [0.2, 0.25) is 0 Å². The van der Waals surface area contributed by atoms with Crippen molar-refractivity contribution >= 4 is 12.2 Å². The smallest absolute Gasteiger partial charge is 0.165 e. The SMILES string of the molecule is COc1ccc(-c2c(-c3ccccc3)nn(-c3ccccc3)c2N=CN2CCOCC2)cc1OC. The standard InChI is InChI=1S/C28H28N4O3/c1-33-24-14-13-22(19-25(24)34-2)26-27(21-9-5-3-6-10-21)30-32(23-11-7-4-8-12-23)28(26)29-20-31-15-17-35-18-16-31/h3-14,19-20H,15-18H2,1-2H3. The number of aromatic nitrogens is 2. The molecule has 3 aromatic carbocycles. The molecule has 0 bridgehead atoms. The number of para-hydroxylation sites is 1. The predicted octanol–water partition coefficient (Wildman–Crippen LogP) is 5.22. The van der Waals surface area contributed by atoms with E-state index in [0.29, 0.717) is 24.7 Å². The van der Waals surface area contributed by atoms with E-state index in [2.05, 4.69) is 17.0 Å². The summed E-state index contributed by atoms with van der Waals surface area (Å²) in [6.45, 7) is 3.00. The van der Waals surface area contributed by atoms with Crippen LogP contribution >= 0.6 is 0 Å². The molecule has 7 heteroatoms. The van der Waals surface area contributed by atoms with Crippen LogP contribution in [0.1, 0.15) is 0 Å². The summed E-state index contributed by atoms with van der Waals surface area (Å²) < 4.78 is 18.5. The number of morpholine rings is 1. The number of aliphatic imine (C=N–C) groups is 1. The van der Waals surface area contributed by atoms with E-state index in [-0.39, 0.29) is 0 Å². The normalized spacial score (nSPS) is 13.8. The first kappa shape index (κ1) is 22.7. The molecule has 0 radical (unpaired) electrons. The lowest BCUT2D eigenvalue weighted by Gasteiger charge is -2.24. The van der Waals surface area contributed by atoms with Crippen molar-refractivity contribution in [1.82, 2.24) is 14.7 Å². The monoisotopic (exact) mass is 468 g/mol. The minimum atomic E-state index is 0.652. The molecule has 0 atom stereocenters. The summed E-state index contributed by atoms with van der Waals surface area (Å²) >= 11 is 0. The number of methoxy groups -OCH3 is 2. The molecule has 1 aliphatic rings. The second-order valence-electron chi connectivity index (χ2n) is 8.12. The van der Waals surface area contributed by atoms with Gasteiger partial charge in [0.15, 0.2) is 17.3 Å². The topological polar surface area (TPSA) is 61.1 Å². The summed E-state index contributed by atoms with van der Waals surface area (Å²) in [6, 6.07) is 26.2. The molecule has 5 rings (SSSR count). The van der Waals surface area contributed by atoms with Gasteiger partial charge in [-0.1, -0.05) is 54.6 Å². The van der Waals surface area contributed by atoms with Gasteiger partial charge in [-0.25, -0.2) is 9.67 Å². The van der Waals surface area contributed by atoms with Crippen LogP contribution in [0.5, 0.6) is 11.5 Å². The molecular weight excluding hydrogens is 440 g/mol. The van der Waals surface area contributed by atoms with E-state index in [1.165, 1.54) is 0 Å². The van der Waals surface area contributed by atoms with Gasteiger partial charge >= 0.3 is 0 Å². The fourth-order valence-corrected chi connectivity index (χ4v) is 4.16. The highest BCUT2D eigenvalue weighted by Gasteiger charge is 2.23. The fraction of sp³-hybridized carbons (Fsp3) is 0.214. The van der Waals surface area contributed by atoms with E-state index in [9.17, 15) is 0 Å². The van der Waals surface area contributed by atoms with Gasteiger partial charge < -0.3 is 19.1 Å². The van der Waals surface area contributed by atoms with Crippen LogP contribution in [0, 0.1) is 0 Å². The molecule has 0 saturated carbocycles. The van der Waals surface area contributed by atoms with Crippen LogP contribution in [-0.4, -0.2) is 61.5 Å². The zero-order valence-electron chi connectivity index (χ0n) is 19.9. The number of nitrogens with zero attached hydrogens (tertiary/aromatic N) is 4. The lowest BCUT2D eigenvalue weighted by Crippen LogP contribution is -2.35. The Balaban J connectivity index is 1.75. The molecule has 1 aromatic heterocycles. The fourth-order valence-electron chi connectivity index (χ4n) is 4.16. The van der Waals surface area contributed by atoms with E-state index in [4.69, 9.17) is 24.3 Å². The van der Waals surface area contributed by atoms with Crippen LogP contribution < -0.4 is 9.47 Å². The summed E-state index contributed by atoms with van der Waals surface area (Å²) in [5.41, 5.74) is 4.65. The van der Waals surface area contributed by atoms with Gasteiger partial charge in [-0.05, 0) is 29.8 Å². The maximum Gasteiger partial charge on any atom is 0.165 e. The number of rotatable bonds is 7. The van der Waals surface area contributed by atoms with Gasteiger partial charge in [0, 0.05) is 18.7 Å². The average Bonchev–Trinajstić information content (AvgIpc) is 3.32. The van der Waals surface area contributed by atoms with Crippen molar-refractivity contribution in [2.45, 2.75) is 0 Å². The lowest BCUT2D eigenvalue weighted by molar-refractivity contribution is 0.0701. The van der Waals surface area contributed by atoms with Crippen molar-refractivity contribution in [3.63, 3.8) is 0 Å². The molecule has 0 amide bonds. The Morgan fingerprint density at radius 3 is 2.20 bits per heavy atom. The van der Waals surface area contributed by atoms with E-state index in [1.807, 2.05) is 77.8 Å². The first-order valence-corrected chi connectivity index (χ1v) is 11.6. The second-order valence-corrected chi connectivity index (χ2v) is 8.12. The van der Waals surface area contributed by atoms with E-state index >= 15 is 0 Å². The Bertz CT molecular complexity index is 1300. The van der Waals surface area contributed by atoms with E-state index in [1.54, 1.807) is 14.2 Å². The summed E-state index contributed by atoms with van der Waals surface area (Å²) in [5, 5.41) is 5.08. The lowest BCUT2D eigenvalue weighted by atomic mass is 10.0. The first-order chi connectivity index (χ1) is 17.3. The van der Waals surface area contributed by atoms with E-state index in [0.717, 1.165) is 47.0 Å². The minimum Gasteiger partial charge on any atom is -0.493 e. The molecule has 0 aliphatic carbocycles. The van der Waals surface area contributed by atoms with Gasteiger partial charge in [-0.2, -0.15) is 5.10 Å². The van der Waals surface area contributed by atoms with Crippen molar-refractivity contribution in [2.24, 2.45) is 4.99 Å². The summed E-state index contributed by atoms with van der Waals surface area (Å²) in [5.74, 6) is 2.07. The third-order valence-electron chi connectivity index (χ3n) is 5.97. The van der Waals surface area contributed by atoms with Crippen LogP contribution in [0.3, 0.4) is 0 Å². The highest BCUT2D eigenvalue weighted by Crippen LogP contribution is 2.43. The third kappa shape index (κ3) is 4.76. The van der Waals surface area contributed by atoms with Gasteiger partial charge in [-0.15, -0.1) is 0 Å². The van der Waals surface area contributed by atoms with Crippen molar-refractivity contribution in [3.05, 3.63) is 78.9 Å². The molecule has 1 saturated heterocycles. The molecule has 178 valence electrons. The largest absolute Gasteiger partial charge is 0.493 e. The third-order valence-corrected chi connectivity index (χ3v) is 5.97. The Morgan fingerprint density at radius 2 is 1.51 bits per heavy atom. The molecule has 1 fully saturated rings. The number of ether oxygens (including phenoxy) is 3. The number of hydrogen-bond acceptors (Lipinski definition) is 5. The van der Waals surface area contributed by atoms with Crippen molar-refractivity contribution < 1.29 is 14.2 Å². The Kier molecular flexibility index (Phi) is 6.77.